The van der Waals surface area contributed by atoms with Gasteiger partial charge < -0.3 is 10.4 Å². The van der Waals surface area contributed by atoms with E-state index in [1.807, 2.05) is 0 Å². The second-order valence-electron chi connectivity index (χ2n) is 5.32. The van der Waals surface area contributed by atoms with Gasteiger partial charge in [0, 0.05) is 13.0 Å². The number of halogens is 3. The number of aliphatic hydroxyl groups is 1. The van der Waals surface area contributed by atoms with Gasteiger partial charge in [-0.05, 0) is 31.7 Å². The first-order valence-corrected chi connectivity index (χ1v) is 6.31. The average molecular weight is 253 g/mol. The van der Waals surface area contributed by atoms with E-state index in [4.69, 9.17) is 0 Å². The summed E-state index contributed by atoms with van der Waals surface area (Å²) < 4.78 is 35.7. The maximum absolute atomic E-state index is 11.9. The monoisotopic (exact) mass is 253 g/mol. The Bertz CT molecular complexity index is 232. The molecule has 2 atom stereocenters. The summed E-state index contributed by atoms with van der Waals surface area (Å²) in [6, 6.07) is 0. The summed E-state index contributed by atoms with van der Waals surface area (Å²) in [7, 11) is 0. The van der Waals surface area contributed by atoms with Crippen molar-refractivity contribution in [2.75, 3.05) is 13.1 Å². The van der Waals surface area contributed by atoms with E-state index in [0.717, 1.165) is 25.7 Å². The summed E-state index contributed by atoms with van der Waals surface area (Å²) in [5, 5.41) is 13.2. The van der Waals surface area contributed by atoms with Gasteiger partial charge in [-0.2, -0.15) is 13.2 Å². The Labute approximate surface area is 101 Å². The lowest BCUT2D eigenvalue weighted by Gasteiger charge is -2.35. The third-order valence-electron chi connectivity index (χ3n) is 3.34. The molecule has 0 aromatic carbocycles. The van der Waals surface area contributed by atoms with Crippen LogP contribution in [0.15, 0.2) is 0 Å². The molecule has 1 saturated carbocycles. The Balaban J connectivity index is 2.13. The second-order valence-corrected chi connectivity index (χ2v) is 5.32. The van der Waals surface area contributed by atoms with E-state index in [9.17, 15) is 18.3 Å². The van der Waals surface area contributed by atoms with E-state index in [1.54, 1.807) is 0 Å². The van der Waals surface area contributed by atoms with Crippen LogP contribution in [0.1, 0.15) is 45.4 Å². The largest absolute Gasteiger partial charge is 0.389 e. The molecule has 0 bridgehead atoms. The van der Waals surface area contributed by atoms with Crippen LogP contribution in [0.4, 0.5) is 13.2 Å². The molecule has 5 heteroatoms. The lowest BCUT2D eigenvalue weighted by molar-refractivity contribution is -0.135. The fraction of sp³-hybridized carbons (Fsp3) is 1.00. The molecular weight excluding hydrogens is 231 g/mol. The van der Waals surface area contributed by atoms with Crippen LogP contribution in [0.5, 0.6) is 0 Å². The van der Waals surface area contributed by atoms with Crippen LogP contribution in [0.2, 0.25) is 0 Å². The number of nitrogens with one attached hydrogen (secondary N) is 1. The normalized spacial score (nSPS) is 30.5. The van der Waals surface area contributed by atoms with Gasteiger partial charge in [-0.1, -0.05) is 19.8 Å². The van der Waals surface area contributed by atoms with Crippen molar-refractivity contribution in [2.24, 2.45) is 5.92 Å². The van der Waals surface area contributed by atoms with E-state index in [-0.39, 0.29) is 6.42 Å². The van der Waals surface area contributed by atoms with Gasteiger partial charge in [0.05, 0.1) is 5.60 Å². The van der Waals surface area contributed by atoms with Crippen LogP contribution >= 0.6 is 0 Å². The minimum Gasteiger partial charge on any atom is -0.389 e. The molecule has 1 aliphatic rings. The lowest BCUT2D eigenvalue weighted by atomic mass is 9.79. The summed E-state index contributed by atoms with van der Waals surface area (Å²) in [6.45, 7) is 2.83. The zero-order valence-electron chi connectivity index (χ0n) is 10.3. The Morgan fingerprint density at radius 1 is 1.41 bits per heavy atom. The maximum atomic E-state index is 11.9. The van der Waals surface area contributed by atoms with Crippen molar-refractivity contribution in [3.8, 4) is 0 Å². The third kappa shape index (κ3) is 6.27. The molecule has 0 amide bonds. The van der Waals surface area contributed by atoms with Crippen LogP contribution in [-0.2, 0) is 0 Å². The van der Waals surface area contributed by atoms with E-state index in [0.29, 0.717) is 19.0 Å². The van der Waals surface area contributed by atoms with Crippen LogP contribution in [-0.4, -0.2) is 30.0 Å². The van der Waals surface area contributed by atoms with E-state index in [1.165, 1.54) is 0 Å². The number of hydrogen-bond acceptors (Lipinski definition) is 2. The van der Waals surface area contributed by atoms with Crippen molar-refractivity contribution in [3.05, 3.63) is 0 Å². The number of hydrogen-bond donors (Lipinski definition) is 2. The van der Waals surface area contributed by atoms with Crippen LogP contribution < -0.4 is 5.32 Å². The highest BCUT2D eigenvalue weighted by atomic mass is 19.4. The fourth-order valence-corrected chi connectivity index (χ4v) is 2.53. The summed E-state index contributed by atoms with van der Waals surface area (Å²) in [6.07, 6.45) is -1.11. The summed E-state index contributed by atoms with van der Waals surface area (Å²) >= 11 is 0. The van der Waals surface area contributed by atoms with Gasteiger partial charge in [0.2, 0.25) is 0 Å². The van der Waals surface area contributed by atoms with Crippen molar-refractivity contribution in [3.63, 3.8) is 0 Å². The molecule has 102 valence electrons. The van der Waals surface area contributed by atoms with Gasteiger partial charge >= 0.3 is 6.18 Å². The van der Waals surface area contributed by atoms with E-state index < -0.39 is 18.2 Å². The van der Waals surface area contributed by atoms with Crippen molar-refractivity contribution in [1.29, 1.82) is 0 Å². The Kier molecular flexibility index (Phi) is 5.25. The van der Waals surface area contributed by atoms with Gasteiger partial charge in [0.25, 0.3) is 0 Å². The first kappa shape index (κ1) is 14.8. The predicted molar refractivity (Wildman–Crippen MR) is 60.7 cm³/mol. The smallest absolute Gasteiger partial charge is 0.389 e. The maximum Gasteiger partial charge on any atom is 0.389 e. The second kappa shape index (κ2) is 6.05. The molecule has 0 aromatic rings. The van der Waals surface area contributed by atoms with Gasteiger partial charge in [-0.3, -0.25) is 0 Å². The molecule has 2 nitrogen and oxygen atoms in total. The molecule has 2 unspecified atom stereocenters. The Morgan fingerprint density at radius 2 is 2.12 bits per heavy atom. The third-order valence-corrected chi connectivity index (χ3v) is 3.34. The van der Waals surface area contributed by atoms with Crippen molar-refractivity contribution >= 4 is 0 Å². The molecule has 0 heterocycles. The molecule has 0 radical (unpaired) electrons. The van der Waals surface area contributed by atoms with Gasteiger partial charge in [-0.15, -0.1) is 0 Å². The highest BCUT2D eigenvalue weighted by Crippen LogP contribution is 2.31. The summed E-state index contributed by atoms with van der Waals surface area (Å²) in [4.78, 5) is 0. The molecule has 17 heavy (non-hydrogen) atoms. The zero-order valence-corrected chi connectivity index (χ0v) is 10.3. The highest BCUT2D eigenvalue weighted by molar-refractivity contribution is 4.86. The minimum absolute atomic E-state index is 0.0785. The predicted octanol–water partition coefficient (Wildman–Crippen LogP) is 2.86. The highest BCUT2D eigenvalue weighted by Gasteiger charge is 2.32. The van der Waals surface area contributed by atoms with Gasteiger partial charge in [-0.25, -0.2) is 0 Å². The Morgan fingerprint density at radius 3 is 2.71 bits per heavy atom. The van der Waals surface area contributed by atoms with Gasteiger partial charge in [0.15, 0.2) is 0 Å². The van der Waals surface area contributed by atoms with Crippen molar-refractivity contribution in [1.82, 2.24) is 5.32 Å². The van der Waals surface area contributed by atoms with E-state index in [2.05, 4.69) is 12.2 Å². The van der Waals surface area contributed by atoms with Crippen LogP contribution in [0.3, 0.4) is 0 Å². The topological polar surface area (TPSA) is 32.3 Å². The summed E-state index contributed by atoms with van der Waals surface area (Å²) in [5.41, 5.74) is -0.712. The number of alkyl halides is 3. The first-order chi connectivity index (χ1) is 7.81. The van der Waals surface area contributed by atoms with Crippen LogP contribution in [0.25, 0.3) is 0 Å². The molecule has 1 fully saturated rings. The molecule has 0 aromatic heterocycles. The molecule has 0 saturated heterocycles. The van der Waals surface area contributed by atoms with Crippen LogP contribution in [0, 0.1) is 5.92 Å². The number of rotatable bonds is 5. The standard InChI is InChI=1S/C12H22F3NO/c1-10-4-2-5-11(17,8-10)9-16-7-3-6-12(13,14)15/h10,16-17H,2-9H2,1H3. The quantitative estimate of drug-likeness (QED) is 0.738. The summed E-state index contributed by atoms with van der Waals surface area (Å²) in [5.74, 6) is 0.505. The Hall–Kier alpha value is -0.290. The lowest BCUT2D eigenvalue weighted by Crippen LogP contribution is -2.44. The average Bonchev–Trinajstić information content (AvgIpc) is 2.14. The molecule has 1 rings (SSSR count). The molecule has 1 aliphatic carbocycles. The first-order valence-electron chi connectivity index (χ1n) is 6.31. The molecule has 2 N–H and O–H groups in total. The molecule has 0 aliphatic heterocycles. The van der Waals surface area contributed by atoms with Gasteiger partial charge in [0.1, 0.15) is 0 Å². The van der Waals surface area contributed by atoms with Crippen molar-refractivity contribution in [2.45, 2.75) is 57.2 Å². The fourth-order valence-electron chi connectivity index (χ4n) is 2.53. The van der Waals surface area contributed by atoms with E-state index >= 15 is 0 Å². The molecule has 0 spiro atoms. The van der Waals surface area contributed by atoms with Crippen molar-refractivity contribution < 1.29 is 18.3 Å². The minimum atomic E-state index is -4.07. The SMILES string of the molecule is CC1CCCC(O)(CNCCCC(F)(F)F)C1. The molecular formula is C12H22F3NO. The zero-order chi connectivity index (χ0) is 12.9.